The van der Waals surface area contributed by atoms with Crippen molar-refractivity contribution < 1.29 is 0 Å². The van der Waals surface area contributed by atoms with E-state index in [1.54, 1.807) is 0 Å². The molecule has 3 unspecified atom stereocenters. The minimum Gasteiger partial charge on any atom is -0.311 e. The highest BCUT2D eigenvalue weighted by atomic mass is 15.0. The molecule has 2 rings (SSSR count). The van der Waals surface area contributed by atoms with Crippen LogP contribution in [0.4, 0.5) is 0 Å². The second kappa shape index (κ2) is 6.22. The molecule has 100 valence electrons. The normalized spacial score (nSPS) is 43.6. The molecule has 0 aliphatic heterocycles. The molecule has 0 aromatic heterocycles. The molecular formula is C16H31N. The van der Waals surface area contributed by atoms with E-state index >= 15 is 0 Å². The van der Waals surface area contributed by atoms with Crippen molar-refractivity contribution in [1.82, 2.24) is 5.32 Å². The van der Waals surface area contributed by atoms with Crippen LogP contribution in [0.2, 0.25) is 0 Å². The van der Waals surface area contributed by atoms with Gasteiger partial charge in [-0.15, -0.1) is 0 Å². The molecule has 0 spiro atoms. The summed E-state index contributed by atoms with van der Waals surface area (Å²) < 4.78 is 0. The van der Waals surface area contributed by atoms with Gasteiger partial charge in [0.25, 0.3) is 0 Å². The summed E-state index contributed by atoms with van der Waals surface area (Å²) in [5.74, 6) is 2.90. The lowest BCUT2D eigenvalue weighted by atomic mass is 9.78. The molecule has 1 heteroatoms. The predicted octanol–water partition coefficient (Wildman–Crippen LogP) is 4.37. The number of hydrogen-bond acceptors (Lipinski definition) is 1. The third kappa shape index (κ3) is 3.71. The van der Waals surface area contributed by atoms with Gasteiger partial charge in [0.05, 0.1) is 0 Å². The van der Waals surface area contributed by atoms with E-state index in [9.17, 15) is 0 Å². The summed E-state index contributed by atoms with van der Waals surface area (Å²) in [5.41, 5.74) is 0. The molecule has 0 saturated heterocycles. The SMILES string of the molecule is CCC1CCC(NC2CCC(C)C(C)C2)CC1. The predicted molar refractivity (Wildman–Crippen MR) is 75.1 cm³/mol. The van der Waals surface area contributed by atoms with E-state index in [-0.39, 0.29) is 0 Å². The van der Waals surface area contributed by atoms with E-state index in [4.69, 9.17) is 0 Å². The molecule has 17 heavy (non-hydrogen) atoms. The Bertz CT molecular complexity index is 218. The van der Waals surface area contributed by atoms with Crippen molar-refractivity contribution in [1.29, 1.82) is 0 Å². The molecule has 2 aliphatic carbocycles. The first-order valence-corrected chi connectivity index (χ1v) is 7.95. The third-order valence-corrected chi connectivity index (χ3v) is 5.49. The summed E-state index contributed by atoms with van der Waals surface area (Å²) in [6.45, 7) is 7.21. The average molecular weight is 237 g/mol. The first-order chi connectivity index (χ1) is 8.19. The van der Waals surface area contributed by atoms with Crippen LogP contribution in [0.5, 0.6) is 0 Å². The maximum Gasteiger partial charge on any atom is 0.00723 e. The van der Waals surface area contributed by atoms with Gasteiger partial charge < -0.3 is 5.32 Å². The molecule has 0 heterocycles. The van der Waals surface area contributed by atoms with Crippen LogP contribution >= 0.6 is 0 Å². The zero-order chi connectivity index (χ0) is 12.3. The molecule has 2 saturated carbocycles. The standard InChI is InChI=1S/C16H31N/c1-4-14-6-9-15(10-7-14)17-16-8-5-12(2)13(3)11-16/h12-17H,4-11H2,1-3H3. The first kappa shape index (κ1) is 13.4. The molecule has 0 bridgehead atoms. The van der Waals surface area contributed by atoms with Crippen LogP contribution in [0, 0.1) is 17.8 Å². The van der Waals surface area contributed by atoms with Crippen LogP contribution in [-0.2, 0) is 0 Å². The van der Waals surface area contributed by atoms with E-state index in [0.717, 1.165) is 29.8 Å². The van der Waals surface area contributed by atoms with Crippen molar-refractivity contribution in [3.05, 3.63) is 0 Å². The fraction of sp³-hybridized carbons (Fsp3) is 1.00. The Morgan fingerprint density at radius 1 is 0.824 bits per heavy atom. The zero-order valence-corrected chi connectivity index (χ0v) is 12.0. The van der Waals surface area contributed by atoms with E-state index in [1.807, 2.05) is 0 Å². The van der Waals surface area contributed by atoms with Gasteiger partial charge in [0, 0.05) is 12.1 Å². The molecule has 1 N–H and O–H groups in total. The monoisotopic (exact) mass is 237 g/mol. The zero-order valence-electron chi connectivity index (χ0n) is 12.0. The summed E-state index contributed by atoms with van der Waals surface area (Å²) in [6.07, 6.45) is 11.4. The van der Waals surface area contributed by atoms with Crippen LogP contribution in [-0.4, -0.2) is 12.1 Å². The van der Waals surface area contributed by atoms with Crippen molar-refractivity contribution in [2.75, 3.05) is 0 Å². The minimum atomic E-state index is 0.823. The van der Waals surface area contributed by atoms with Crippen molar-refractivity contribution in [2.45, 2.75) is 84.2 Å². The largest absolute Gasteiger partial charge is 0.311 e. The average Bonchev–Trinajstić information content (AvgIpc) is 2.35. The van der Waals surface area contributed by atoms with Crippen LogP contribution in [0.1, 0.15) is 72.1 Å². The van der Waals surface area contributed by atoms with E-state index in [1.165, 1.54) is 51.4 Å². The van der Waals surface area contributed by atoms with Gasteiger partial charge in [0.15, 0.2) is 0 Å². The molecule has 0 amide bonds. The van der Waals surface area contributed by atoms with E-state index in [0.29, 0.717) is 0 Å². The Hall–Kier alpha value is -0.0400. The van der Waals surface area contributed by atoms with Gasteiger partial charge in [0.2, 0.25) is 0 Å². The minimum absolute atomic E-state index is 0.823. The van der Waals surface area contributed by atoms with Gasteiger partial charge in [-0.25, -0.2) is 0 Å². The highest BCUT2D eigenvalue weighted by molar-refractivity contribution is 4.84. The smallest absolute Gasteiger partial charge is 0.00723 e. The van der Waals surface area contributed by atoms with Gasteiger partial charge in [-0.3, -0.25) is 0 Å². The molecular weight excluding hydrogens is 206 g/mol. The molecule has 0 aromatic carbocycles. The maximum absolute atomic E-state index is 3.95. The van der Waals surface area contributed by atoms with Crippen LogP contribution in [0.15, 0.2) is 0 Å². The second-order valence-corrected chi connectivity index (χ2v) is 6.76. The van der Waals surface area contributed by atoms with E-state index in [2.05, 4.69) is 26.1 Å². The van der Waals surface area contributed by atoms with Crippen LogP contribution in [0.3, 0.4) is 0 Å². The molecule has 0 aromatic rings. The van der Waals surface area contributed by atoms with Gasteiger partial charge in [-0.1, -0.05) is 27.2 Å². The summed E-state index contributed by atoms with van der Waals surface area (Å²) >= 11 is 0. The van der Waals surface area contributed by atoms with Crippen molar-refractivity contribution in [2.24, 2.45) is 17.8 Å². The first-order valence-electron chi connectivity index (χ1n) is 7.95. The second-order valence-electron chi connectivity index (χ2n) is 6.76. The van der Waals surface area contributed by atoms with Gasteiger partial charge >= 0.3 is 0 Å². The molecule has 1 nitrogen and oxygen atoms in total. The summed E-state index contributed by atoms with van der Waals surface area (Å²) in [6, 6.07) is 1.66. The Labute approximate surface area is 108 Å². The van der Waals surface area contributed by atoms with Crippen molar-refractivity contribution in [3.63, 3.8) is 0 Å². The van der Waals surface area contributed by atoms with Gasteiger partial charge in [-0.05, 0) is 62.7 Å². The van der Waals surface area contributed by atoms with Gasteiger partial charge in [-0.2, -0.15) is 0 Å². The lowest BCUT2D eigenvalue weighted by Gasteiger charge is -2.37. The maximum atomic E-state index is 3.95. The fourth-order valence-electron chi connectivity index (χ4n) is 3.77. The highest BCUT2D eigenvalue weighted by Crippen LogP contribution is 2.31. The molecule has 2 fully saturated rings. The Balaban J connectivity index is 1.71. The molecule has 3 atom stereocenters. The summed E-state index contributed by atoms with van der Waals surface area (Å²) in [4.78, 5) is 0. The highest BCUT2D eigenvalue weighted by Gasteiger charge is 2.27. The fourth-order valence-corrected chi connectivity index (χ4v) is 3.77. The lowest BCUT2D eigenvalue weighted by Crippen LogP contribution is -2.43. The van der Waals surface area contributed by atoms with Crippen LogP contribution < -0.4 is 5.32 Å². The van der Waals surface area contributed by atoms with Crippen molar-refractivity contribution in [3.8, 4) is 0 Å². The Kier molecular flexibility index (Phi) is 4.90. The van der Waals surface area contributed by atoms with Crippen molar-refractivity contribution >= 4 is 0 Å². The van der Waals surface area contributed by atoms with E-state index < -0.39 is 0 Å². The van der Waals surface area contributed by atoms with Crippen LogP contribution in [0.25, 0.3) is 0 Å². The quantitative estimate of drug-likeness (QED) is 0.768. The number of nitrogens with one attached hydrogen (secondary N) is 1. The Morgan fingerprint density at radius 3 is 2.06 bits per heavy atom. The third-order valence-electron chi connectivity index (χ3n) is 5.49. The molecule has 0 radical (unpaired) electrons. The Morgan fingerprint density at radius 2 is 1.47 bits per heavy atom. The van der Waals surface area contributed by atoms with Gasteiger partial charge in [0.1, 0.15) is 0 Å². The number of hydrogen-bond donors (Lipinski definition) is 1. The molecule has 2 aliphatic rings. The lowest BCUT2D eigenvalue weighted by molar-refractivity contribution is 0.193. The number of rotatable bonds is 3. The summed E-state index contributed by atoms with van der Waals surface area (Å²) in [7, 11) is 0. The topological polar surface area (TPSA) is 12.0 Å². The summed E-state index contributed by atoms with van der Waals surface area (Å²) in [5, 5.41) is 3.95.